The van der Waals surface area contributed by atoms with E-state index in [1.54, 1.807) is 43.6 Å². The van der Waals surface area contributed by atoms with Gasteiger partial charge in [0, 0.05) is 29.1 Å². The number of hydrogen-bond acceptors (Lipinski definition) is 3. The molecular weight excluding hydrogens is 330 g/mol. The van der Waals surface area contributed by atoms with Gasteiger partial charge in [0.15, 0.2) is 0 Å². The Morgan fingerprint density at radius 3 is 2.74 bits per heavy atom. The number of aromatic nitrogens is 1. The van der Waals surface area contributed by atoms with Crippen molar-refractivity contribution in [1.29, 1.82) is 0 Å². The summed E-state index contributed by atoms with van der Waals surface area (Å²) in [6.45, 7) is 0. The number of amides is 1. The van der Waals surface area contributed by atoms with E-state index >= 15 is 0 Å². The molecule has 0 saturated heterocycles. The minimum Gasteiger partial charge on any atom is -0.388 e. The van der Waals surface area contributed by atoms with Gasteiger partial charge in [0.25, 0.3) is 5.91 Å². The van der Waals surface area contributed by atoms with Crippen LogP contribution in [0.4, 0.5) is 11.4 Å². The first-order valence-electron chi connectivity index (χ1n) is 5.50. The molecule has 4 nitrogen and oxygen atoms in total. The molecule has 0 aliphatic heterocycles. The van der Waals surface area contributed by atoms with Gasteiger partial charge in [0.1, 0.15) is 5.69 Å². The normalized spacial score (nSPS) is 10.1. The summed E-state index contributed by atoms with van der Waals surface area (Å²) in [5.74, 6) is -0.282. The molecule has 2 N–H and O–H groups in total. The van der Waals surface area contributed by atoms with Gasteiger partial charge in [-0.2, -0.15) is 0 Å². The van der Waals surface area contributed by atoms with Crippen LogP contribution in [-0.4, -0.2) is 17.9 Å². The van der Waals surface area contributed by atoms with Crippen LogP contribution in [0, 0.1) is 0 Å². The van der Waals surface area contributed by atoms with Crippen molar-refractivity contribution in [2.24, 2.45) is 0 Å². The van der Waals surface area contributed by atoms with Crippen molar-refractivity contribution in [3.63, 3.8) is 0 Å². The highest BCUT2D eigenvalue weighted by Gasteiger charge is 2.09. The van der Waals surface area contributed by atoms with E-state index < -0.39 is 0 Å². The Bertz CT molecular complexity index is 619. The van der Waals surface area contributed by atoms with Crippen LogP contribution in [0.3, 0.4) is 0 Å². The molecule has 1 amide bonds. The summed E-state index contributed by atoms with van der Waals surface area (Å²) in [6.07, 6.45) is 1.58. The van der Waals surface area contributed by atoms with Crippen LogP contribution in [0.25, 0.3) is 0 Å². The van der Waals surface area contributed by atoms with Gasteiger partial charge in [-0.3, -0.25) is 9.78 Å². The monoisotopic (exact) mass is 339 g/mol. The molecule has 0 radical (unpaired) electrons. The Balaban J connectivity index is 2.18. The van der Waals surface area contributed by atoms with E-state index in [1.165, 1.54) is 0 Å². The molecule has 19 heavy (non-hydrogen) atoms. The van der Waals surface area contributed by atoms with Gasteiger partial charge in [-0.05, 0) is 46.3 Å². The number of anilines is 2. The van der Waals surface area contributed by atoms with Crippen molar-refractivity contribution in [1.82, 2.24) is 4.98 Å². The Morgan fingerprint density at radius 1 is 1.26 bits per heavy atom. The fourth-order valence-electron chi connectivity index (χ4n) is 1.48. The minimum absolute atomic E-state index is 0.282. The quantitative estimate of drug-likeness (QED) is 0.894. The summed E-state index contributed by atoms with van der Waals surface area (Å²) < 4.78 is 0.780. The molecule has 6 heteroatoms. The molecule has 1 heterocycles. The summed E-state index contributed by atoms with van der Waals surface area (Å²) in [7, 11) is 1.78. The number of carbonyl (C=O) groups excluding carboxylic acids is 1. The maximum Gasteiger partial charge on any atom is 0.274 e. The van der Waals surface area contributed by atoms with Gasteiger partial charge in [-0.1, -0.05) is 11.6 Å². The van der Waals surface area contributed by atoms with Crippen molar-refractivity contribution in [2.45, 2.75) is 0 Å². The number of rotatable bonds is 3. The Morgan fingerprint density at radius 2 is 2.05 bits per heavy atom. The van der Waals surface area contributed by atoms with Crippen molar-refractivity contribution < 1.29 is 4.79 Å². The second-order valence-electron chi connectivity index (χ2n) is 3.76. The first-order chi connectivity index (χ1) is 9.10. The molecule has 1 aromatic carbocycles. The molecule has 0 bridgehead atoms. The molecule has 0 aliphatic rings. The smallest absolute Gasteiger partial charge is 0.274 e. The second kappa shape index (κ2) is 6.04. The molecule has 98 valence electrons. The fraction of sp³-hybridized carbons (Fsp3) is 0.0769. The molecule has 0 aliphatic carbocycles. The lowest BCUT2D eigenvalue weighted by molar-refractivity contribution is 0.102. The van der Waals surface area contributed by atoms with E-state index in [9.17, 15) is 4.79 Å². The molecule has 2 aromatic rings. The Labute approximate surface area is 124 Å². The molecule has 0 spiro atoms. The number of nitrogens with one attached hydrogen (secondary N) is 2. The van der Waals surface area contributed by atoms with E-state index in [2.05, 4.69) is 31.5 Å². The minimum atomic E-state index is -0.282. The summed E-state index contributed by atoms with van der Waals surface area (Å²) in [6, 6.07) is 8.67. The third-order valence-electron chi connectivity index (χ3n) is 2.46. The van der Waals surface area contributed by atoms with E-state index in [0.717, 1.165) is 10.2 Å². The zero-order valence-electron chi connectivity index (χ0n) is 10.1. The summed E-state index contributed by atoms with van der Waals surface area (Å²) in [5.41, 5.74) is 1.79. The maximum absolute atomic E-state index is 12.0. The van der Waals surface area contributed by atoms with E-state index in [-0.39, 0.29) is 5.91 Å². The van der Waals surface area contributed by atoms with Gasteiger partial charge in [0.05, 0.1) is 5.02 Å². The van der Waals surface area contributed by atoms with Crippen LogP contribution in [0.5, 0.6) is 0 Å². The van der Waals surface area contributed by atoms with E-state index in [4.69, 9.17) is 11.6 Å². The van der Waals surface area contributed by atoms with Crippen LogP contribution in [0.15, 0.2) is 41.0 Å². The van der Waals surface area contributed by atoms with Crippen LogP contribution >= 0.6 is 27.5 Å². The van der Waals surface area contributed by atoms with Crippen LogP contribution in [0.2, 0.25) is 5.02 Å². The fourth-order valence-corrected chi connectivity index (χ4v) is 1.91. The van der Waals surface area contributed by atoms with Gasteiger partial charge < -0.3 is 10.6 Å². The number of hydrogen-bond donors (Lipinski definition) is 2. The first-order valence-corrected chi connectivity index (χ1v) is 6.67. The summed E-state index contributed by atoms with van der Waals surface area (Å²) >= 11 is 9.26. The molecule has 2 rings (SSSR count). The number of carbonyl (C=O) groups is 1. The van der Waals surface area contributed by atoms with Gasteiger partial charge >= 0.3 is 0 Å². The first kappa shape index (κ1) is 13.8. The molecule has 1 aromatic heterocycles. The highest BCUT2D eigenvalue weighted by Crippen LogP contribution is 2.25. The topological polar surface area (TPSA) is 54.0 Å². The van der Waals surface area contributed by atoms with Crippen LogP contribution in [0.1, 0.15) is 10.5 Å². The molecule has 0 unspecified atom stereocenters. The van der Waals surface area contributed by atoms with Crippen LogP contribution < -0.4 is 10.6 Å². The maximum atomic E-state index is 12.0. The SMILES string of the molecule is CNc1ccnc(C(=O)Nc2ccc(Br)c(Cl)c2)c1. The van der Waals surface area contributed by atoms with Crippen LogP contribution in [-0.2, 0) is 0 Å². The molecule has 0 saturated carbocycles. The highest BCUT2D eigenvalue weighted by atomic mass is 79.9. The predicted molar refractivity (Wildman–Crippen MR) is 80.9 cm³/mol. The van der Waals surface area contributed by atoms with Crippen molar-refractivity contribution in [2.75, 3.05) is 17.7 Å². The predicted octanol–water partition coefficient (Wildman–Crippen LogP) is 3.79. The Kier molecular flexibility index (Phi) is 4.39. The zero-order chi connectivity index (χ0) is 13.8. The van der Waals surface area contributed by atoms with Gasteiger partial charge in [-0.15, -0.1) is 0 Å². The van der Waals surface area contributed by atoms with Crippen molar-refractivity contribution >= 4 is 44.8 Å². The molecule has 0 fully saturated rings. The lowest BCUT2D eigenvalue weighted by Crippen LogP contribution is -2.13. The standard InChI is InChI=1S/C13H11BrClN3O/c1-16-8-4-5-17-12(7-8)13(19)18-9-2-3-10(14)11(15)6-9/h2-7H,1H3,(H,16,17)(H,18,19). The van der Waals surface area contributed by atoms with Crippen molar-refractivity contribution in [3.8, 4) is 0 Å². The number of halogens is 2. The largest absolute Gasteiger partial charge is 0.388 e. The van der Waals surface area contributed by atoms with Gasteiger partial charge in [-0.25, -0.2) is 0 Å². The summed E-state index contributed by atoms with van der Waals surface area (Å²) in [4.78, 5) is 16.1. The van der Waals surface area contributed by atoms with E-state index in [0.29, 0.717) is 16.4 Å². The van der Waals surface area contributed by atoms with Gasteiger partial charge in [0.2, 0.25) is 0 Å². The number of benzene rings is 1. The highest BCUT2D eigenvalue weighted by molar-refractivity contribution is 9.10. The Hall–Kier alpha value is -1.59. The third-order valence-corrected chi connectivity index (χ3v) is 3.69. The third kappa shape index (κ3) is 3.45. The molecular formula is C13H11BrClN3O. The zero-order valence-corrected chi connectivity index (χ0v) is 12.4. The second-order valence-corrected chi connectivity index (χ2v) is 5.02. The lowest BCUT2D eigenvalue weighted by Gasteiger charge is -2.07. The van der Waals surface area contributed by atoms with E-state index in [1.807, 2.05) is 0 Å². The number of nitrogens with zero attached hydrogens (tertiary/aromatic N) is 1. The average molecular weight is 341 g/mol. The summed E-state index contributed by atoms with van der Waals surface area (Å²) in [5, 5.41) is 6.24. The molecule has 0 atom stereocenters. The van der Waals surface area contributed by atoms with Crippen molar-refractivity contribution in [3.05, 3.63) is 51.7 Å². The average Bonchev–Trinajstić information content (AvgIpc) is 2.43. The number of pyridine rings is 1. The lowest BCUT2D eigenvalue weighted by atomic mass is 10.2.